The van der Waals surface area contributed by atoms with Crippen molar-refractivity contribution in [3.8, 4) is 5.75 Å². The zero-order valence-electron chi connectivity index (χ0n) is 11.3. The van der Waals surface area contributed by atoms with Gasteiger partial charge in [0.05, 0.1) is 5.75 Å². The van der Waals surface area contributed by atoms with E-state index in [2.05, 4.69) is 4.72 Å². The average Bonchev–Trinajstić information content (AvgIpc) is 2.46. The molecule has 21 heavy (non-hydrogen) atoms. The number of nitrogens with one attached hydrogen (secondary N) is 1. The Hall–Kier alpha value is -1.56. The van der Waals surface area contributed by atoms with Crippen LogP contribution in [0.15, 0.2) is 54.6 Å². The second kappa shape index (κ2) is 7.45. The van der Waals surface area contributed by atoms with Crippen molar-refractivity contribution in [1.29, 1.82) is 0 Å². The summed E-state index contributed by atoms with van der Waals surface area (Å²) in [4.78, 5) is 0. The molecule has 0 saturated carbocycles. The molecule has 0 aliphatic carbocycles. The van der Waals surface area contributed by atoms with Gasteiger partial charge in [0.1, 0.15) is 12.4 Å². The third kappa shape index (κ3) is 5.75. The molecule has 0 saturated heterocycles. The fraction of sp³-hybridized carbons (Fsp3) is 0.200. The van der Waals surface area contributed by atoms with Crippen molar-refractivity contribution in [3.63, 3.8) is 0 Å². The van der Waals surface area contributed by atoms with Crippen molar-refractivity contribution in [3.05, 3.63) is 65.2 Å². The molecule has 6 heteroatoms. The number of sulfonamides is 1. The van der Waals surface area contributed by atoms with E-state index in [9.17, 15) is 8.42 Å². The molecule has 0 aliphatic rings. The maximum Gasteiger partial charge on any atom is 0.215 e. The second-order valence-electron chi connectivity index (χ2n) is 4.44. The summed E-state index contributed by atoms with van der Waals surface area (Å²) in [5, 5.41) is 0.630. The third-order valence-electron chi connectivity index (χ3n) is 2.71. The van der Waals surface area contributed by atoms with Crippen LogP contribution in [0.4, 0.5) is 0 Å². The zero-order chi connectivity index (χ0) is 15.1. The minimum atomic E-state index is -3.35. The lowest BCUT2D eigenvalue weighted by Gasteiger charge is -2.08. The van der Waals surface area contributed by atoms with E-state index in [1.54, 1.807) is 36.4 Å². The Morgan fingerprint density at radius 3 is 2.33 bits per heavy atom. The van der Waals surface area contributed by atoms with Gasteiger partial charge in [-0.15, -0.1) is 0 Å². The summed E-state index contributed by atoms with van der Waals surface area (Å²) in [5.41, 5.74) is 0.753. The first-order valence-corrected chi connectivity index (χ1v) is 8.48. The number of halogens is 1. The van der Waals surface area contributed by atoms with Gasteiger partial charge in [-0.05, 0) is 29.8 Å². The number of hydrogen-bond donors (Lipinski definition) is 1. The van der Waals surface area contributed by atoms with Crippen molar-refractivity contribution in [2.75, 3.05) is 13.2 Å². The van der Waals surface area contributed by atoms with E-state index >= 15 is 0 Å². The normalized spacial score (nSPS) is 11.3. The van der Waals surface area contributed by atoms with Crippen LogP contribution >= 0.6 is 11.6 Å². The van der Waals surface area contributed by atoms with Gasteiger partial charge in [-0.25, -0.2) is 13.1 Å². The van der Waals surface area contributed by atoms with E-state index < -0.39 is 10.0 Å². The van der Waals surface area contributed by atoms with Crippen LogP contribution in [0.1, 0.15) is 5.56 Å². The van der Waals surface area contributed by atoms with Crippen molar-refractivity contribution in [1.82, 2.24) is 4.72 Å². The molecule has 0 heterocycles. The van der Waals surface area contributed by atoms with Gasteiger partial charge in [0.25, 0.3) is 0 Å². The lowest BCUT2D eigenvalue weighted by atomic mass is 10.2. The van der Waals surface area contributed by atoms with Gasteiger partial charge < -0.3 is 4.74 Å². The van der Waals surface area contributed by atoms with E-state index in [1.165, 1.54) is 0 Å². The Morgan fingerprint density at radius 2 is 1.67 bits per heavy atom. The fourth-order valence-corrected chi connectivity index (χ4v) is 3.00. The summed E-state index contributed by atoms with van der Waals surface area (Å²) < 4.78 is 31.7. The van der Waals surface area contributed by atoms with Gasteiger partial charge in [-0.3, -0.25) is 0 Å². The largest absolute Gasteiger partial charge is 0.492 e. The molecule has 2 aromatic carbocycles. The van der Waals surface area contributed by atoms with Crippen molar-refractivity contribution in [2.45, 2.75) is 5.75 Å². The summed E-state index contributed by atoms with van der Waals surface area (Å²) in [6, 6.07) is 16.0. The molecule has 2 rings (SSSR count). The van der Waals surface area contributed by atoms with E-state index in [0.29, 0.717) is 10.8 Å². The quantitative estimate of drug-likeness (QED) is 0.796. The highest BCUT2D eigenvalue weighted by molar-refractivity contribution is 7.88. The van der Waals surface area contributed by atoms with Crippen LogP contribution < -0.4 is 9.46 Å². The zero-order valence-corrected chi connectivity index (χ0v) is 12.9. The van der Waals surface area contributed by atoms with Crippen molar-refractivity contribution in [2.24, 2.45) is 0 Å². The summed E-state index contributed by atoms with van der Waals surface area (Å²) in [7, 11) is -3.35. The summed E-state index contributed by atoms with van der Waals surface area (Å²) in [6.45, 7) is 0.480. The summed E-state index contributed by atoms with van der Waals surface area (Å²) in [5.74, 6) is 0.621. The van der Waals surface area contributed by atoms with Gasteiger partial charge in [-0.2, -0.15) is 0 Å². The molecular weight excluding hydrogens is 310 g/mol. The molecular formula is C15H16ClNO3S. The Morgan fingerprint density at radius 1 is 1.00 bits per heavy atom. The van der Waals surface area contributed by atoms with Crippen LogP contribution in [0.5, 0.6) is 5.75 Å². The van der Waals surface area contributed by atoms with E-state index in [4.69, 9.17) is 16.3 Å². The van der Waals surface area contributed by atoms with Crippen LogP contribution in [-0.4, -0.2) is 21.6 Å². The molecule has 0 fully saturated rings. The third-order valence-corrected chi connectivity index (χ3v) is 4.32. The minimum Gasteiger partial charge on any atom is -0.492 e. The fourth-order valence-electron chi connectivity index (χ4n) is 1.74. The standard InChI is InChI=1S/C15H16ClNO3S/c16-14-6-8-15(9-7-14)20-11-10-17-21(18,19)12-13-4-2-1-3-5-13/h1-9,17H,10-12H2. The Labute approximate surface area is 129 Å². The minimum absolute atomic E-state index is 0.0330. The topological polar surface area (TPSA) is 55.4 Å². The summed E-state index contributed by atoms with van der Waals surface area (Å²) in [6.07, 6.45) is 0. The van der Waals surface area contributed by atoms with E-state index in [0.717, 1.165) is 5.56 Å². The van der Waals surface area contributed by atoms with Crippen LogP contribution in [0.3, 0.4) is 0 Å². The predicted octanol–water partition coefficient (Wildman–Crippen LogP) is 2.84. The first kappa shape index (κ1) is 15.8. The van der Waals surface area contributed by atoms with Gasteiger partial charge in [-0.1, -0.05) is 41.9 Å². The highest BCUT2D eigenvalue weighted by Gasteiger charge is 2.10. The molecule has 0 unspecified atom stereocenters. The van der Waals surface area contributed by atoms with Crippen LogP contribution in [0.2, 0.25) is 5.02 Å². The predicted molar refractivity (Wildman–Crippen MR) is 84.0 cm³/mol. The highest BCUT2D eigenvalue weighted by Crippen LogP contribution is 2.15. The second-order valence-corrected chi connectivity index (χ2v) is 6.68. The maximum absolute atomic E-state index is 11.9. The van der Waals surface area contributed by atoms with E-state index in [1.807, 2.05) is 18.2 Å². The van der Waals surface area contributed by atoms with Gasteiger partial charge in [0, 0.05) is 11.6 Å². The lowest BCUT2D eigenvalue weighted by molar-refractivity contribution is 0.323. The molecule has 112 valence electrons. The Bertz CT molecular complexity index is 657. The first-order valence-electron chi connectivity index (χ1n) is 6.45. The summed E-state index contributed by atoms with van der Waals surface area (Å²) >= 11 is 5.76. The molecule has 0 atom stereocenters. The molecule has 4 nitrogen and oxygen atoms in total. The number of ether oxygens (including phenoxy) is 1. The highest BCUT2D eigenvalue weighted by atomic mass is 35.5. The molecule has 2 aromatic rings. The van der Waals surface area contributed by atoms with Gasteiger partial charge in [0.2, 0.25) is 10.0 Å². The first-order chi connectivity index (χ1) is 10.1. The SMILES string of the molecule is O=S(=O)(Cc1ccccc1)NCCOc1ccc(Cl)cc1. The molecule has 0 aliphatic heterocycles. The van der Waals surface area contributed by atoms with Gasteiger partial charge in [0.15, 0.2) is 0 Å². The number of benzene rings is 2. The molecule has 0 bridgehead atoms. The van der Waals surface area contributed by atoms with Crippen molar-refractivity contribution < 1.29 is 13.2 Å². The van der Waals surface area contributed by atoms with Crippen molar-refractivity contribution >= 4 is 21.6 Å². The smallest absolute Gasteiger partial charge is 0.215 e. The van der Waals surface area contributed by atoms with Crippen LogP contribution in [0, 0.1) is 0 Å². The van der Waals surface area contributed by atoms with Crippen LogP contribution in [-0.2, 0) is 15.8 Å². The monoisotopic (exact) mass is 325 g/mol. The average molecular weight is 326 g/mol. The Balaban J connectivity index is 1.76. The van der Waals surface area contributed by atoms with E-state index in [-0.39, 0.29) is 18.9 Å². The van der Waals surface area contributed by atoms with Crippen LogP contribution in [0.25, 0.3) is 0 Å². The Kier molecular flexibility index (Phi) is 5.61. The maximum atomic E-state index is 11.9. The van der Waals surface area contributed by atoms with Gasteiger partial charge >= 0.3 is 0 Å². The number of hydrogen-bond acceptors (Lipinski definition) is 3. The number of rotatable bonds is 7. The molecule has 1 N–H and O–H groups in total. The molecule has 0 radical (unpaired) electrons. The molecule has 0 amide bonds. The molecule has 0 aromatic heterocycles. The molecule has 0 spiro atoms. The lowest BCUT2D eigenvalue weighted by Crippen LogP contribution is -2.29.